The minimum atomic E-state index is -0.316. The van der Waals surface area contributed by atoms with Gasteiger partial charge in [-0.15, -0.1) is 11.8 Å². The van der Waals surface area contributed by atoms with Crippen LogP contribution in [-0.2, 0) is 4.79 Å². The molecular weight excluding hydrogens is 338 g/mol. The van der Waals surface area contributed by atoms with E-state index in [1.165, 1.54) is 0 Å². The quantitative estimate of drug-likeness (QED) is 0.861. The predicted octanol–water partition coefficient (Wildman–Crippen LogP) is 4.55. The van der Waals surface area contributed by atoms with Crippen LogP contribution in [0.4, 0.5) is 5.69 Å². The van der Waals surface area contributed by atoms with Crippen LogP contribution in [-0.4, -0.2) is 18.8 Å². The van der Waals surface area contributed by atoms with Gasteiger partial charge in [0.25, 0.3) is 0 Å². The summed E-state index contributed by atoms with van der Waals surface area (Å²) in [6.45, 7) is 6.33. The summed E-state index contributed by atoms with van der Waals surface area (Å²) in [4.78, 5) is 13.7. The van der Waals surface area contributed by atoms with Gasteiger partial charge in [0.2, 0.25) is 5.91 Å². The summed E-state index contributed by atoms with van der Waals surface area (Å²) in [7, 11) is 1.65. The van der Waals surface area contributed by atoms with Crippen molar-refractivity contribution in [3.05, 3.63) is 16.6 Å². The molecule has 0 saturated carbocycles. The van der Waals surface area contributed by atoms with Crippen LogP contribution in [0.1, 0.15) is 27.2 Å². The molecule has 1 amide bonds. The maximum absolute atomic E-state index is 12.7. The minimum absolute atomic E-state index is 0.123. The maximum atomic E-state index is 12.7. The van der Waals surface area contributed by atoms with E-state index in [0.717, 1.165) is 33.0 Å². The van der Waals surface area contributed by atoms with Crippen molar-refractivity contribution < 1.29 is 9.53 Å². The van der Waals surface area contributed by atoms with E-state index in [1.54, 1.807) is 18.9 Å². The Morgan fingerprint density at radius 2 is 2.20 bits per heavy atom. The van der Waals surface area contributed by atoms with Crippen LogP contribution in [0.5, 0.6) is 5.75 Å². The average Bonchev–Trinajstić information content (AvgIpc) is 2.54. The molecule has 0 bridgehead atoms. The zero-order chi connectivity index (χ0) is 14.9. The molecule has 0 aromatic heterocycles. The smallest absolute Gasteiger partial charge is 0.231 e. The molecule has 1 atom stereocenters. The number of benzene rings is 1. The van der Waals surface area contributed by atoms with E-state index in [-0.39, 0.29) is 11.3 Å². The molecule has 5 heteroatoms. The van der Waals surface area contributed by atoms with Crippen molar-refractivity contribution >= 4 is 39.3 Å². The number of halogens is 1. The molecular formula is C15H20BrNO2S. The Hall–Kier alpha value is -0.680. The summed E-state index contributed by atoms with van der Waals surface area (Å²) in [6.07, 6.45) is 0.843. The van der Waals surface area contributed by atoms with Crippen LogP contribution < -0.4 is 10.1 Å². The number of anilines is 1. The lowest BCUT2D eigenvalue weighted by Gasteiger charge is -2.33. The summed E-state index contributed by atoms with van der Waals surface area (Å²) in [6, 6.07) is 3.90. The first-order valence-electron chi connectivity index (χ1n) is 6.76. The lowest BCUT2D eigenvalue weighted by molar-refractivity contribution is -0.126. The summed E-state index contributed by atoms with van der Waals surface area (Å²) < 4.78 is 6.19. The van der Waals surface area contributed by atoms with Gasteiger partial charge in [0.05, 0.1) is 22.7 Å². The Labute approximate surface area is 133 Å². The first kappa shape index (κ1) is 15.7. The number of amides is 1. The molecule has 1 N–H and O–H groups in total. The molecule has 1 aromatic carbocycles. The number of carbonyl (C=O) groups is 1. The van der Waals surface area contributed by atoms with E-state index in [1.807, 2.05) is 12.1 Å². The third kappa shape index (κ3) is 2.58. The molecule has 1 heterocycles. The van der Waals surface area contributed by atoms with Crippen molar-refractivity contribution in [2.24, 2.45) is 11.3 Å². The predicted molar refractivity (Wildman–Crippen MR) is 87.6 cm³/mol. The van der Waals surface area contributed by atoms with Gasteiger partial charge >= 0.3 is 0 Å². The van der Waals surface area contributed by atoms with Gasteiger partial charge in [-0.05, 0) is 40.4 Å². The van der Waals surface area contributed by atoms with E-state index in [4.69, 9.17) is 4.74 Å². The van der Waals surface area contributed by atoms with Gasteiger partial charge in [-0.3, -0.25) is 4.79 Å². The van der Waals surface area contributed by atoms with Crippen LogP contribution in [0.25, 0.3) is 0 Å². The molecule has 0 spiro atoms. The number of methoxy groups -OCH3 is 1. The zero-order valence-electron chi connectivity index (χ0n) is 12.2. The normalized spacial score (nSPS) is 22.2. The summed E-state index contributed by atoms with van der Waals surface area (Å²) in [5.74, 6) is 2.02. The standard InChI is InChI=1S/C15H20BrNO2S/c1-5-15(9(2)3)8-20-13-7-12(19-4)10(16)6-11(13)17-14(15)18/h6-7,9H,5,8H2,1-4H3,(H,17,18). The number of nitrogens with one attached hydrogen (secondary N) is 1. The van der Waals surface area contributed by atoms with E-state index in [2.05, 4.69) is 42.0 Å². The minimum Gasteiger partial charge on any atom is -0.496 e. The highest BCUT2D eigenvalue weighted by Gasteiger charge is 2.42. The SMILES string of the molecule is CCC1(C(C)C)CSc2cc(OC)c(Br)cc2NC1=O. The van der Waals surface area contributed by atoms with Crippen LogP contribution in [0, 0.1) is 11.3 Å². The van der Waals surface area contributed by atoms with E-state index >= 15 is 0 Å². The molecule has 0 aliphatic carbocycles. The average molecular weight is 358 g/mol. The van der Waals surface area contributed by atoms with Gasteiger partial charge in [0, 0.05) is 10.6 Å². The Morgan fingerprint density at radius 3 is 2.75 bits per heavy atom. The Balaban J connectivity index is 2.43. The number of hydrogen-bond donors (Lipinski definition) is 1. The molecule has 1 aliphatic rings. The number of ether oxygens (including phenoxy) is 1. The highest BCUT2D eigenvalue weighted by molar-refractivity contribution is 9.10. The fourth-order valence-electron chi connectivity index (χ4n) is 2.53. The highest BCUT2D eigenvalue weighted by atomic mass is 79.9. The van der Waals surface area contributed by atoms with Gasteiger partial charge in [-0.1, -0.05) is 20.8 Å². The molecule has 2 rings (SSSR count). The third-order valence-corrected chi connectivity index (χ3v) is 6.10. The van der Waals surface area contributed by atoms with Crippen molar-refractivity contribution in [3.63, 3.8) is 0 Å². The molecule has 1 unspecified atom stereocenters. The third-order valence-electron chi connectivity index (χ3n) is 4.18. The molecule has 0 saturated heterocycles. The maximum Gasteiger partial charge on any atom is 0.231 e. The van der Waals surface area contributed by atoms with Gasteiger partial charge in [-0.25, -0.2) is 0 Å². The molecule has 1 aliphatic heterocycles. The molecule has 3 nitrogen and oxygen atoms in total. The van der Waals surface area contributed by atoms with Gasteiger partial charge in [-0.2, -0.15) is 0 Å². The molecule has 0 fully saturated rings. The number of hydrogen-bond acceptors (Lipinski definition) is 3. The summed E-state index contributed by atoms with van der Waals surface area (Å²) in [5, 5.41) is 3.09. The second kappa shape index (κ2) is 5.98. The van der Waals surface area contributed by atoms with Crippen LogP contribution in [0.15, 0.2) is 21.5 Å². The highest BCUT2D eigenvalue weighted by Crippen LogP contribution is 2.46. The Morgan fingerprint density at radius 1 is 1.50 bits per heavy atom. The van der Waals surface area contributed by atoms with Gasteiger partial charge in [0.15, 0.2) is 0 Å². The summed E-state index contributed by atoms with van der Waals surface area (Å²) >= 11 is 5.20. The lowest BCUT2D eigenvalue weighted by Crippen LogP contribution is -2.41. The first-order chi connectivity index (χ1) is 9.44. The second-order valence-electron chi connectivity index (χ2n) is 5.39. The van der Waals surface area contributed by atoms with Crippen molar-refractivity contribution in [1.29, 1.82) is 0 Å². The Bertz CT molecular complexity index is 533. The monoisotopic (exact) mass is 357 g/mol. The lowest BCUT2D eigenvalue weighted by atomic mass is 9.75. The van der Waals surface area contributed by atoms with E-state index < -0.39 is 0 Å². The van der Waals surface area contributed by atoms with E-state index in [0.29, 0.717) is 5.92 Å². The largest absolute Gasteiger partial charge is 0.496 e. The van der Waals surface area contributed by atoms with Gasteiger partial charge in [0.1, 0.15) is 5.75 Å². The number of fused-ring (bicyclic) bond motifs is 1. The molecule has 110 valence electrons. The Kier molecular flexibility index (Phi) is 4.69. The first-order valence-corrected chi connectivity index (χ1v) is 8.54. The number of rotatable bonds is 3. The van der Waals surface area contributed by atoms with Gasteiger partial charge < -0.3 is 10.1 Å². The fourth-order valence-corrected chi connectivity index (χ4v) is 4.57. The van der Waals surface area contributed by atoms with Crippen LogP contribution >= 0.6 is 27.7 Å². The number of thioether (sulfide) groups is 1. The summed E-state index contributed by atoms with van der Waals surface area (Å²) in [5.41, 5.74) is 0.548. The second-order valence-corrected chi connectivity index (χ2v) is 7.26. The van der Waals surface area contributed by atoms with Crippen molar-refractivity contribution in [1.82, 2.24) is 0 Å². The molecule has 1 aromatic rings. The number of carbonyl (C=O) groups excluding carboxylic acids is 1. The van der Waals surface area contributed by atoms with E-state index in [9.17, 15) is 4.79 Å². The fraction of sp³-hybridized carbons (Fsp3) is 0.533. The van der Waals surface area contributed by atoms with Crippen molar-refractivity contribution in [2.45, 2.75) is 32.1 Å². The van der Waals surface area contributed by atoms with Crippen LogP contribution in [0.3, 0.4) is 0 Å². The van der Waals surface area contributed by atoms with Crippen molar-refractivity contribution in [3.8, 4) is 5.75 Å². The molecule has 20 heavy (non-hydrogen) atoms. The van der Waals surface area contributed by atoms with Crippen molar-refractivity contribution in [2.75, 3.05) is 18.2 Å². The topological polar surface area (TPSA) is 38.3 Å². The molecule has 0 radical (unpaired) electrons. The van der Waals surface area contributed by atoms with Crippen LogP contribution in [0.2, 0.25) is 0 Å². The zero-order valence-corrected chi connectivity index (χ0v) is 14.7.